The molecule has 0 aliphatic heterocycles. The van der Waals surface area contributed by atoms with Crippen LogP contribution in [0, 0.1) is 13.8 Å². The zero-order valence-corrected chi connectivity index (χ0v) is 14.8. The molecule has 25 heavy (non-hydrogen) atoms. The smallest absolute Gasteiger partial charge is 0.331 e. The Morgan fingerprint density at radius 3 is 2.36 bits per heavy atom. The molecule has 3 aromatic rings. The lowest BCUT2D eigenvalue weighted by Crippen LogP contribution is -2.39. The quantitative estimate of drug-likeness (QED) is 0.765. The number of aryl methyl sites for hydroxylation is 3. The van der Waals surface area contributed by atoms with Crippen LogP contribution < -0.4 is 11.2 Å². The molecule has 0 amide bonds. The molecule has 0 aliphatic rings. The monoisotopic (exact) mass is 341 g/mol. The van der Waals surface area contributed by atoms with Crippen molar-refractivity contribution in [2.24, 2.45) is 7.05 Å². The first-order chi connectivity index (χ1) is 11.9. The second-order valence-electron chi connectivity index (χ2n) is 6.50. The lowest BCUT2D eigenvalue weighted by atomic mass is 10.1. The highest BCUT2D eigenvalue weighted by Gasteiger charge is 2.17. The summed E-state index contributed by atoms with van der Waals surface area (Å²) in [4.78, 5) is 25.4. The summed E-state index contributed by atoms with van der Waals surface area (Å²) < 4.78 is 4.64. The van der Waals surface area contributed by atoms with Crippen LogP contribution >= 0.6 is 0 Å². The summed E-state index contributed by atoms with van der Waals surface area (Å²) in [6.45, 7) is 4.67. The number of fused-ring (bicyclic) bond motifs is 1. The average Bonchev–Trinajstić information content (AvgIpc) is 2.91. The van der Waals surface area contributed by atoms with E-state index >= 15 is 0 Å². The molecule has 3 rings (SSSR count). The standard InChI is InChI=1S/C19H23N3O3/c1-13-5-7-15(8-6-13)12-21-11-14(2)16-17(21)18(24)22(9-4-10-23)19(25)20(16)3/h5-8,11,23H,4,9-10,12H2,1-3H3. The van der Waals surface area contributed by atoms with Crippen molar-refractivity contribution in [3.05, 3.63) is 68.0 Å². The molecule has 0 saturated heterocycles. The first-order valence-electron chi connectivity index (χ1n) is 8.39. The summed E-state index contributed by atoms with van der Waals surface area (Å²) in [5.41, 5.74) is 3.73. The van der Waals surface area contributed by atoms with Gasteiger partial charge in [-0.3, -0.25) is 13.9 Å². The Hall–Kier alpha value is -2.60. The maximum atomic E-state index is 12.9. The molecule has 0 radical (unpaired) electrons. The Bertz CT molecular complexity index is 1020. The number of nitrogens with zero attached hydrogens (tertiary/aromatic N) is 3. The molecule has 0 fully saturated rings. The third-order valence-corrected chi connectivity index (χ3v) is 4.55. The fourth-order valence-electron chi connectivity index (χ4n) is 3.26. The maximum Gasteiger partial charge on any atom is 0.331 e. The Balaban J connectivity index is 2.20. The van der Waals surface area contributed by atoms with Crippen molar-refractivity contribution >= 4 is 11.0 Å². The van der Waals surface area contributed by atoms with E-state index in [0.717, 1.165) is 11.1 Å². The molecule has 132 valence electrons. The van der Waals surface area contributed by atoms with Crippen molar-refractivity contribution in [1.82, 2.24) is 13.7 Å². The minimum Gasteiger partial charge on any atom is -0.396 e. The molecular weight excluding hydrogens is 318 g/mol. The van der Waals surface area contributed by atoms with Crippen LogP contribution in [-0.4, -0.2) is 25.4 Å². The highest BCUT2D eigenvalue weighted by Crippen LogP contribution is 2.18. The van der Waals surface area contributed by atoms with Crippen LogP contribution in [0.2, 0.25) is 0 Å². The summed E-state index contributed by atoms with van der Waals surface area (Å²) in [5.74, 6) is 0. The number of rotatable bonds is 5. The van der Waals surface area contributed by atoms with Crippen molar-refractivity contribution in [2.45, 2.75) is 33.4 Å². The Labute approximate surface area is 145 Å². The molecule has 0 aliphatic carbocycles. The second-order valence-corrected chi connectivity index (χ2v) is 6.50. The normalized spacial score (nSPS) is 11.4. The van der Waals surface area contributed by atoms with Crippen molar-refractivity contribution in [3.63, 3.8) is 0 Å². The van der Waals surface area contributed by atoms with Crippen LogP contribution in [0.3, 0.4) is 0 Å². The van der Waals surface area contributed by atoms with E-state index in [-0.39, 0.29) is 24.4 Å². The van der Waals surface area contributed by atoms with E-state index < -0.39 is 0 Å². The van der Waals surface area contributed by atoms with Crippen LogP contribution in [0.25, 0.3) is 11.0 Å². The van der Waals surface area contributed by atoms with Crippen molar-refractivity contribution in [1.29, 1.82) is 0 Å². The third kappa shape index (κ3) is 3.05. The number of hydrogen-bond donors (Lipinski definition) is 1. The third-order valence-electron chi connectivity index (χ3n) is 4.55. The SMILES string of the molecule is Cc1ccc(Cn2cc(C)c3c2c(=O)n(CCCO)c(=O)n3C)cc1. The van der Waals surface area contributed by atoms with E-state index in [1.54, 1.807) is 7.05 Å². The highest BCUT2D eigenvalue weighted by atomic mass is 16.3. The van der Waals surface area contributed by atoms with E-state index in [1.165, 1.54) is 14.7 Å². The topological polar surface area (TPSA) is 69.2 Å². The zero-order valence-electron chi connectivity index (χ0n) is 14.8. The number of aromatic nitrogens is 3. The molecule has 2 aromatic heterocycles. The minimum absolute atomic E-state index is 0.0585. The summed E-state index contributed by atoms with van der Waals surface area (Å²) in [7, 11) is 1.68. The van der Waals surface area contributed by atoms with Crippen molar-refractivity contribution in [2.75, 3.05) is 6.61 Å². The van der Waals surface area contributed by atoms with Gasteiger partial charge in [-0.05, 0) is 31.4 Å². The fraction of sp³-hybridized carbons (Fsp3) is 0.368. The first-order valence-corrected chi connectivity index (χ1v) is 8.39. The van der Waals surface area contributed by atoms with Gasteiger partial charge in [0.15, 0.2) is 0 Å². The van der Waals surface area contributed by atoms with Gasteiger partial charge in [0.25, 0.3) is 5.56 Å². The Morgan fingerprint density at radius 1 is 1.04 bits per heavy atom. The predicted octanol–water partition coefficient (Wildman–Crippen LogP) is 1.55. The summed E-state index contributed by atoms with van der Waals surface area (Å²) in [6, 6.07) is 8.18. The highest BCUT2D eigenvalue weighted by molar-refractivity contribution is 5.79. The Morgan fingerprint density at radius 2 is 1.72 bits per heavy atom. The van der Waals surface area contributed by atoms with Crippen LogP contribution in [0.15, 0.2) is 40.1 Å². The lowest BCUT2D eigenvalue weighted by Gasteiger charge is -2.11. The maximum absolute atomic E-state index is 12.9. The molecule has 6 heteroatoms. The van der Waals surface area contributed by atoms with E-state index in [1.807, 2.05) is 48.9 Å². The van der Waals surface area contributed by atoms with E-state index in [9.17, 15) is 9.59 Å². The molecule has 0 saturated carbocycles. The predicted molar refractivity (Wildman–Crippen MR) is 98.2 cm³/mol. The fourth-order valence-corrected chi connectivity index (χ4v) is 3.26. The summed E-state index contributed by atoms with van der Waals surface area (Å²) >= 11 is 0. The van der Waals surface area contributed by atoms with E-state index in [2.05, 4.69) is 0 Å². The van der Waals surface area contributed by atoms with Crippen molar-refractivity contribution < 1.29 is 5.11 Å². The molecular formula is C19H23N3O3. The van der Waals surface area contributed by atoms with Gasteiger partial charge in [-0.2, -0.15) is 0 Å². The van der Waals surface area contributed by atoms with Gasteiger partial charge in [0.1, 0.15) is 5.52 Å². The van der Waals surface area contributed by atoms with Gasteiger partial charge in [-0.15, -0.1) is 0 Å². The molecule has 2 heterocycles. The second kappa shape index (κ2) is 6.72. The van der Waals surface area contributed by atoms with Gasteiger partial charge in [0.2, 0.25) is 0 Å². The average molecular weight is 341 g/mol. The van der Waals surface area contributed by atoms with Crippen LogP contribution in [-0.2, 0) is 20.1 Å². The van der Waals surface area contributed by atoms with Crippen molar-refractivity contribution in [3.8, 4) is 0 Å². The summed E-state index contributed by atoms with van der Waals surface area (Å²) in [6.07, 6.45) is 2.29. The summed E-state index contributed by atoms with van der Waals surface area (Å²) in [5, 5.41) is 9.04. The number of hydrogen-bond acceptors (Lipinski definition) is 3. The zero-order chi connectivity index (χ0) is 18.1. The molecule has 1 N–H and O–H groups in total. The largest absolute Gasteiger partial charge is 0.396 e. The molecule has 0 atom stereocenters. The molecule has 1 aromatic carbocycles. The van der Waals surface area contributed by atoms with Gasteiger partial charge in [-0.25, -0.2) is 4.79 Å². The van der Waals surface area contributed by atoms with Gasteiger partial charge < -0.3 is 9.67 Å². The van der Waals surface area contributed by atoms with Gasteiger partial charge >= 0.3 is 5.69 Å². The van der Waals surface area contributed by atoms with Crippen LogP contribution in [0.5, 0.6) is 0 Å². The van der Waals surface area contributed by atoms with Gasteiger partial charge in [0.05, 0.1) is 5.52 Å². The van der Waals surface area contributed by atoms with Gasteiger partial charge in [0, 0.05) is 32.9 Å². The molecule has 0 unspecified atom stereocenters. The minimum atomic E-state index is -0.345. The van der Waals surface area contributed by atoms with Crippen LogP contribution in [0.1, 0.15) is 23.1 Å². The van der Waals surface area contributed by atoms with E-state index in [0.29, 0.717) is 24.0 Å². The molecule has 6 nitrogen and oxygen atoms in total. The molecule has 0 spiro atoms. The number of benzene rings is 1. The lowest BCUT2D eigenvalue weighted by molar-refractivity contribution is 0.277. The van der Waals surface area contributed by atoms with Gasteiger partial charge in [-0.1, -0.05) is 29.8 Å². The Kier molecular flexibility index (Phi) is 4.63. The van der Waals surface area contributed by atoms with E-state index in [4.69, 9.17) is 5.11 Å². The first kappa shape index (κ1) is 17.2. The number of aliphatic hydroxyl groups excluding tert-OH is 1. The van der Waals surface area contributed by atoms with Crippen LogP contribution in [0.4, 0.5) is 0 Å². The molecule has 0 bridgehead atoms. The number of aliphatic hydroxyl groups is 1.